The lowest BCUT2D eigenvalue weighted by molar-refractivity contribution is -0.157. The molecule has 3 nitrogen and oxygen atoms in total. The number of hydrogen-bond acceptors (Lipinski definition) is 3. The summed E-state index contributed by atoms with van der Waals surface area (Å²) < 4.78 is 19.3. The minimum atomic E-state index is -0.493. The van der Waals surface area contributed by atoms with Crippen molar-refractivity contribution in [2.75, 3.05) is 6.54 Å². The molecule has 1 aliphatic rings. The topological polar surface area (TPSA) is 29.5 Å². The van der Waals surface area contributed by atoms with Crippen molar-refractivity contribution in [1.29, 1.82) is 0 Å². The number of nitrogens with zero attached hydrogens (tertiary/aromatic N) is 1. The fraction of sp³-hybridized carbons (Fsp3) is 0.588. The third kappa shape index (κ3) is 4.53. The van der Waals surface area contributed by atoms with Crippen molar-refractivity contribution in [1.82, 2.24) is 4.90 Å². The lowest BCUT2D eigenvalue weighted by Gasteiger charge is -2.30. The van der Waals surface area contributed by atoms with E-state index in [9.17, 15) is 9.18 Å². The first-order chi connectivity index (χ1) is 9.78. The predicted molar refractivity (Wildman–Crippen MR) is 80.4 cm³/mol. The van der Waals surface area contributed by atoms with Gasteiger partial charge in [0.05, 0.1) is 6.54 Å². The van der Waals surface area contributed by atoms with E-state index in [0.717, 1.165) is 12.8 Å². The summed E-state index contributed by atoms with van der Waals surface area (Å²) in [6, 6.07) is 6.97. The maximum Gasteiger partial charge on any atom is 0.320 e. The van der Waals surface area contributed by atoms with Crippen LogP contribution in [0.25, 0.3) is 0 Å². The first kappa shape index (κ1) is 16.0. The molecule has 1 saturated carbocycles. The molecule has 116 valence electrons. The molecule has 0 bridgehead atoms. The summed E-state index contributed by atoms with van der Waals surface area (Å²) in [7, 11) is 0. The molecule has 1 fully saturated rings. The van der Waals surface area contributed by atoms with Crippen molar-refractivity contribution < 1.29 is 13.9 Å². The van der Waals surface area contributed by atoms with Gasteiger partial charge in [0, 0.05) is 17.6 Å². The molecule has 1 aromatic rings. The quantitative estimate of drug-likeness (QED) is 0.775. The van der Waals surface area contributed by atoms with Gasteiger partial charge in [-0.2, -0.15) is 0 Å². The minimum Gasteiger partial charge on any atom is -0.459 e. The Morgan fingerprint density at radius 3 is 2.52 bits per heavy atom. The van der Waals surface area contributed by atoms with Crippen LogP contribution in [-0.2, 0) is 9.53 Å². The van der Waals surface area contributed by atoms with Crippen LogP contribution in [0.2, 0.25) is 0 Å². The van der Waals surface area contributed by atoms with Crippen LogP contribution in [0.4, 0.5) is 4.39 Å². The number of esters is 1. The summed E-state index contributed by atoms with van der Waals surface area (Å²) in [4.78, 5) is 14.1. The monoisotopic (exact) mass is 293 g/mol. The number of rotatable bonds is 5. The van der Waals surface area contributed by atoms with Gasteiger partial charge in [-0.3, -0.25) is 9.69 Å². The number of ether oxygens (including phenoxy) is 1. The lowest BCUT2D eigenvalue weighted by atomic mass is 10.1. The van der Waals surface area contributed by atoms with Crippen molar-refractivity contribution in [3.63, 3.8) is 0 Å². The molecule has 0 amide bonds. The van der Waals surface area contributed by atoms with E-state index in [4.69, 9.17) is 4.74 Å². The first-order valence-electron chi connectivity index (χ1n) is 7.50. The molecule has 0 aliphatic heterocycles. The van der Waals surface area contributed by atoms with Crippen LogP contribution >= 0.6 is 0 Å². The van der Waals surface area contributed by atoms with E-state index in [1.54, 1.807) is 12.1 Å². The van der Waals surface area contributed by atoms with E-state index < -0.39 is 5.60 Å². The molecule has 0 saturated heterocycles. The van der Waals surface area contributed by atoms with Gasteiger partial charge in [-0.05, 0) is 46.6 Å². The van der Waals surface area contributed by atoms with Crippen LogP contribution in [0.5, 0.6) is 0 Å². The molecule has 0 heterocycles. The molecule has 0 N–H and O–H groups in total. The Morgan fingerprint density at radius 2 is 2.00 bits per heavy atom. The summed E-state index contributed by atoms with van der Waals surface area (Å²) in [5.74, 6) is -0.475. The molecular weight excluding hydrogens is 269 g/mol. The van der Waals surface area contributed by atoms with Crippen LogP contribution in [0.1, 0.15) is 52.1 Å². The van der Waals surface area contributed by atoms with Crippen molar-refractivity contribution >= 4 is 5.97 Å². The van der Waals surface area contributed by atoms with Gasteiger partial charge in [0.1, 0.15) is 11.4 Å². The number of carbonyl (C=O) groups excluding carboxylic acids is 1. The van der Waals surface area contributed by atoms with E-state index >= 15 is 0 Å². The van der Waals surface area contributed by atoms with Gasteiger partial charge in [0.25, 0.3) is 0 Å². The molecule has 1 unspecified atom stereocenters. The van der Waals surface area contributed by atoms with Gasteiger partial charge in [0.2, 0.25) is 0 Å². The van der Waals surface area contributed by atoms with Crippen LogP contribution < -0.4 is 0 Å². The van der Waals surface area contributed by atoms with Crippen LogP contribution in [0, 0.1) is 5.82 Å². The standard InChI is InChI=1S/C17H24FNO2/c1-12(14-7-5-6-8-15(14)18)19(13-9-10-13)11-16(20)21-17(2,3)4/h5-8,12-13H,9-11H2,1-4H3. The molecule has 0 aromatic heterocycles. The zero-order chi connectivity index (χ0) is 15.6. The fourth-order valence-electron chi connectivity index (χ4n) is 2.50. The molecule has 21 heavy (non-hydrogen) atoms. The normalized spacial score (nSPS) is 16.9. The summed E-state index contributed by atoms with van der Waals surface area (Å²) in [5.41, 5.74) is 0.140. The average Bonchev–Trinajstić information content (AvgIpc) is 3.18. The summed E-state index contributed by atoms with van der Waals surface area (Å²) >= 11 is 0. The molecule has 0 spiro atoms. The van der Waals surface area contributed by atoms with Gasteiger partial charge in [-0.15, -0.1) is 0 Å². The Hall–Kier alpha value is -1.42. The van der Waals surface area contributed by atoms with E-state index in [0.29, 0.717) is 11.6 Å². The van der Waals surface area contributed by atoms with Crippen LogP contribution in [0.15, 0.2) is 24.3 Å². The van der Waals surface area contributed by atoms with Gasteiger partial charge in [0.15, 0.2) is 0 Å². The van der Waals surface area contributed by atoms with E-state index in [1.165, 1.54) is 6.07 Å². The van der Waals surface area contributed by atoms with Crippen molar-refractivity contribution in [3.05, 3.63) is 35.6 Å². The number of halogens is 1. The maximum atomic E-state index is 13.9. The van der Waals surface area contributed by atoms with Crippen molar-refractivity contribution in [3.8, 4) is 0 Å². The van der Waals surface area contributed by atoms with Crippen LogP contribution in [0.3, 0.4) is 0 Å². The second-order valence-electron chi connectivity index (χ2n) is 6.69. The smallest absolute Gasteiger partial charge is 0.320 e. The van der Waals surface area contributed by atoms with Gasteiger partial charge in [-0.1, -0.05) is 18.2 Å². The van der Waals surface area contributed by atoms with E-state index in [1.807, 2.05) is 38.7 Å². The zero-order valence-corrected chi connectivity index (χ0v) is 13.2. The van der Waals surface area contributed by atoms with Crippen molar-refractivity contribution in [2.45, 2.75) is 58.2 Å². The summed E-state index contributed by atoms with van der Waals surface area (Å²) in [6.07, 6.45) is 2.11. The lowest BCUT2D eigenvalue weighted by Crippen LogP contribution is -2.38. The Morgan fingerprint density at radius 1 is 1.38 bits per heavy atom. The highest BCUT2D eigenvalue weighted by molar-refractivity contribution is 5.72. The third-order valence-electron chi connectivity index (χ3n) is 3.60. The van der Waals surface area contributed by atoms with Gasteiger partial charge >= 0.3 is 5.97 Å². The third-order valence-corrected chi connectivity index (χ3v) is 3.60. The van der Waals surface area contributed by atoms with E-state index in [2.05, 4.69) is 0 Å². The number of carbonyl (C=O) groups is 1. The van der Waals surface area contributed by atoms with Gasteiger partial charge in [-0.25, -0.2) is 4.39 Å². The highest BCUT2D eigenvalue weighted by Gasteiger charge is 2.35. The Bertz CT molecular complexity index is 506. The molecule has 1 aliphatic carbocycles. The minimum absolute atomic E-state index is 0.133. The highest BCUT2D eigenvalue weighted by Crippen LogP contribution is 2.34. The summed E-state index contributed by atoms with van der Waals surface area (Å²) in [5, 5.41) is 0. The van der Waals surface area contributed by atoms with Gasteiger partial charge < -0.3 is 4.74 Å². The molecular formula is C17H24FNO2. The number of hydrogen-bond donors (Lipinski definition) is 0. The van der Waals surface area contributed by atoms with Crippen LogP contribution in [-0.4, -0.2) is 29.1 Å². The molecule has 1 atom stereocenters. The van der Waals surface area contributed by atoms with E-state index in [-0.39, 0.29) is 24.4 Å². The van der Waals surface area contributed by atoms with Crippen molar-refractivity contribution in [2.24, 2.45) is 0 Å². The SMILES string of the molecule is CC(c1ccccc1F)N(CC(=O)OC(C)(C)C)C1CC1. The second-order valence-corrected chi connectivity index (χ2v) is 6.69. The molecule has 0 radical (unpaired) electrons. The number of benzene rings is 1. The Labute approximate surface area is 126 Å². The summed E-state index contributed by atoms with van der Waals surface area (Å²) in [6.45, 7) is 7.71. The zero-order valence-electron chi connectivity index (χ0n) is 13.2. The second kappa shape index (κ2) is 6.14. The first-order valence-corrected chi connectivity index (χ1v) is 7.50. The molecule has 4 heteroatoms. The predicted octanol–water partition coefficient (Wildman–Crippen LogP) is 3.69. The maximum absolute atomic E-state index is 13.9. The fourth-order valence-corrected chi connectivity index (χ4v) is 2.50. The molecule has 1 aromatic carbocycles. The Kier molecular flexibility index (Phi) is 4.67. The average molecular weight is 293 g/mol. The Balaban J connectivity index is 2.09. The largest absolute Gasteiger partial charge is 0.459 e. The molecule has 2 rings (SSSR count). The highest BCUT2D eigenvalue weighted by atomic mass is 19.1.